The lowest BCUT2D eigenvalue weighted by molar-refractivity contribution is 0.669. The minimum atomic E-state index is 0.735. The van der Waals surface area contributed by atoms with E-state index >= 15 is 0 Å². The van der Waals surface area contributed by atoms with Crippen LogP contribution in [0.1, 0.15) is 160 Å². The summed E-state index contributed by atoms with van der Waals surface area (Å²) in [4.78, 5) is 0. The van der Waals surface area contributed by atoms with Crippen LogP contribution in [0, 0.1) is 0 Å². The molecule has 1 heteroatoms. The maximum absolute atomic E-state index is 2.77. The molecule has 4 aliphatic carbocycles. The average Bonchev–Trinajstić information content (AvgIpc) is 4.03. The summed E-state index contributed by atoms with van der Waals surface area (Å²) < 4.78 is 0. The molecule has 10 rings (SSSR count). The monoisotopic (exact) mass is 682 g/mol. The zero-order valence-electron chi connectivity index (χ0n) is 30.6. The van der Waals surface area contributed by atoms with Crippen molar-refractivity contribution in [1.82, 2.24) is 0 Å². The molecule has 0 N–H and O–H groups in total. The minimum absolute atomic E-state index is 0.735. The largest absolute Gasteiger partial charge is 0.0616 e. The van der Waals surface area contributed by atoms with E-state index < -0.39 is 0 Å². The zero-order chi connectivity index (χ0) is 33.7. The summed E-state index contributed by atoms with van der Waals surface area (Å²) >= 11 is 0. The third kappa shape index (κ3) is 5.78. The summed E-state index contributed by atoms with van der Waals surface area (Å²) in [6, 6.07) is 36.4. The molecule has 0 bridgehead atoms. The van der Waals surface area contributed by atoms with Crippen molar-refractivity contribution in [3.05, 3.63) is 118 Å². The van der Waals surface area contributed by atoms with Crippen molar-refractivity contribution in [3.63, 3.8) is 0 Å². The molecule has 4 saturated carbocycles. The molecule has 0 aromatic heterocycles. The van der Waals surface area contributed by atoms with Gasteiger partial charge < -0.3 is 0 Å². The Hall–Kier alpha value is -3.42. The van der Waals surface area contributed by atoms with Gasteiger partial charge in [-0.05, 0) is 164 Å². The fourth-order valence-electron chi connectivity index (χ4n) is 11.7. The minimum Gasteiger partial charge on any atom is -0.0616 e. The summed E-state index contributed by atoms with van der Waals surface area (Å²) in [6.07, 6.45) is 22.3. The Morgan fingerprint density at radius 3 is 1.18 bits per heavy atom. The molecule has 4 fully saturated rings. The quantitative estimate of drug-likeness (QED) is 0.111. The molecule has 258 valence electrons. The number of benzene rings is 6. The van der Waals surface area contributed by atoms with E-state index in [9.17, 15) is 0 Å². The van der Waals surface area contributed by atoms with E-state index in [-0.39, 0.29) is 0 Å². The standard InChI is InChI=1S/C50H54Si/c1-2-14-33(13-1)45-29-39(43-27-25-35-17-9-11-23-41(35)49(43)47(45)37-19-5-6-20-37)31-51-32-40-30-46(34-15-3-4-16-34)48(38-21-7-8-22-38)50-42-24-12-10-18-36(42)26-28-44(40)50/h9-12,17-18,23-30,33-34,37-38H,1-8,13-16,19-22,31-32H2. The van der Waals surface area contributed by atoms with Crippen LogP contribution in [0.25, 0.3) is 43.1 Å². The first-order valence-corrected chi connectivity index (χ1v) is 22.4. The topological polar surface area (TPSA) is 0 Å². The average molecular weight is 683 g/mol. The van der Waals surface area contributed by atoms with Gasteiger partial charge in [-0.2, -0.15) is 0 Å². The van der Waals surface area contributed by atoms with Crippen molar-refractivity contribution < 1.29 is 0 Å². The van der Waals surface area contributed by atoms with Gasteiger partial charge in [0.25, 0.3) is 0 Å². The van der Waals surface area contributed by atoms with Crippen molar-refractivity contribution in [2.45, 2.75) is 138 Å². The van der Waals surface area contributed by atoms with Gasteiger partial charge in [-0.25, -0.2) is 0 Å². The normalized spacial score (nSPS) is 19.6. The molecule has 0 nitrogen and oxygen atoms in total. The highest BCUT2D eigenvalue weighted by molar-refractivity contribution is 6.35. The van der Waals surface area contributed by atoms with Gasteiger partial charge in [0.1, 0.15) is 0 Å². The Morgan fingerprint density at radius 1 is 0.392 bits per heavy atom. The highest BCUT2D eigenvalue weighted by Gasteiger charge is 2.31. The number of fused-ring (bicyclic) bond motifs is 6. The van der Waals surface area contributed by atoms with E-state index in [0.717, 1.165) is 33.2 Å². The van der Waals surface area contributed by atoms with E-state index in [2.05, 4.69) is 84.9 Å². The van der Waals surface area contributed by atoms with E-state index in [1.807, 2.05) is 0 Å². The van der Waals surface area contributed by atoms with Gasteiger partial charge in [0.05, 0.1) is 0 Å². The Bertz CT molecular complexity index is 2060. The lowest BCUT2D eigenvalue weighted by Crippen LogP contribution is -2.11. The van der Waals surface area contributed by atoms with Crippen LogP contribution in [-0.2, 0) is 12.1 Å². The molecule has 6 aromatic carbocycles. The molecule has 2 radical (unpaired) electrons. The maximum atomic E-state index is 2.77. The number of hydrogen-bond donors (Lipinski definition) is 0. The van der Waals surface area contributed by atoms with Gasteiger partial charge in [0.2, 0.25) is 0 Å². The molecule has 0 saturated heterocycles. The van der Waals surface area contributed by atoms with Gasteiger partial charge in [-0.15, -0.1) is 0 Å². The molecule has 0 aliphatic heterocycles. The SMILES string of the molecule is c1ccc2c(c1)ccc1c(C[Si]Cc3cc(C4CCCC4)c(C4CCCC4)c4c3ccc3ccccc34)cc(C3CCCC3)c(C3CCCC3)c12. The predicted octanol–water partition coefficient (Wildman–Crippen LogP) is 14.3. The van der Waals surface area contributed by atoms with E-state index in [0.29, 0.717) is 0 Å². The lowest BCUT2D eigenvalue weighted by Gasteiger charge is -2.26. The summed E-state index contributed by atoms with van der Waals surface area (Å²) in [6.45, 7) is 0. The molecular formula is C50H54Si. The van der Waals surface area contributed by atoms with Crippen LogP contribution in [0.2, 0.25) is 0 Å². The second kappa shape index (κ2) is 13.9. The molecule has 0 atom stereocenters. The van der Waals surface area contributed by atoms with Gasteiger partial charge in [0.15, 0.2) is 0 Å². The Balaban J connectivity index is 1.09. The molecular weight excluding hydrogens is 629 g/mol. The zero-order valence-corrected chi connectivity index (χ0v) is 31.6. The molecule has 0 spiro atoms. The summed E-state index contributed by atoms with van der Waals surface area (Å²) in [5.41, 5.74) is 10.3. The summed E-state index contributed by atoms with van der Waals surface area (Å²) in [5, 5.41) is 12.2. The molecule has 0 amide bonds. The number of hydrogen-bond acceptors (Lipinski definition) is 0. The summed E-state index contributed by atoms with van der Waals surface area (Å²) in [7, 11) is 0.890. The first kappa shape index (κ1) is 32.2. The van der Waals surface area contributed by atoms with Crippen LogP contribution < -0.4 is 0 Å². The highest BCUT2D eigenvalue weighted by atomic mass is 28.2. The van der Waals surface area contributed by atoms with Gasteiger partial charge >= 0.3 is 0 Å². The van der Waals surface area contributed by atoms with Crippen LogP contribution in [0.15, 0.2) is 84.9 Å². The second-order valence-corrected chi connectivity index (χ2v) is 18.2. The third-order valence-corrected chi connectivity index (χ3v) is 15.4. The highest BCUT2D eigenvalue weighted by Crippen LogP contribution is 2.50. The molecule has 4 aliphatic rings. The number of rotatable bonds is 8. The molecule has 51 heavy (non-hydrogen) atoms. The third-order valence-electron chi connectivity index (χ3n) is 14.1. The van der Waals surface area contributed by atoms with E-state index in [4.69, 9.17) is 0 Å². The van der Waals surface area contributed by atoms with Crippen LogP contribution in [0.4, 0.5) is 0 Å². The lowest BCUT2D eigenvalue weighted by atomic mass is 9.79. The second-order valence-electron chi connectivity index (χ2n) is 17.0. The van der Waals surface area contributed by atoms with Crippen molar-refractivity contribution >= 4 is 52.6 Å². The molecule has 0 heterocycles. The van der Waals surface area contributed by atoms with Crippen molar-refractivity contribution in [3.8, 4) is 0 Å². The van der Waals surface area contributed by atoms with E-state index in [1.165, 1.54) is 136 Å². The van der Waals surface area contributed by atoms with Crippen LogP contribution >= 0.6 is 0 Å². The fourth-order valence-corrected chi connectivity index (χ4v) is 13.0. The first-order valence-electron chi connectivity index (χ1n) is 21.0. The van der Waals surface area contributed by atoms with Crippen molar-refractivity contribution in [2.75, 3.05) is 0 Å². The van der Waals surface area contributed by atoms with E-state index in [1.54, 1.807) is 54.9 Å². The Kier molecular flexibility index (Phi) is 8.76. The van der Waals surface area contributed by atoms with Crippen LogP contribution in [0.5, 0.6) is 0 Å². The Labute approximate surface area is 308 Å². The van der Waals surface area contributed by atoms with Crippen molar-refractivity contribution in [1.29, 1.82) is 0 Å². The smallest absolute Gasteiger partial charge is 0.0478 e. The first-order chi connectivity index (χ1) is 25.3. The molecule has 6 aromatic rings. The fraction of sp³-hybridized carbons (Fsp3) is 0.440. The van der Waals surface area contributed by atoms with Gasteiger partial charge in [0, 0.05) is 9.52 Å². The maximum Gasteiger partial charge on any atom is 0.0478 e. The van der Waals surface area contributed by atoms with Gasteiger partial charge in [-0.3, -0.25) is 0 Å². The Morgan fingerprint density at radius 2 is 0.765 bits per heavy atom. The van der Waals surface area contributed by atoms with Crippen LogP contribution in [0.3, 0.4) is 0 Å². The van der Waals surface area contributed by atoms with Gasteiger partial charge in [-0.1, -0.05) is 136 Å². The van der Waals surface area contributed by atoms with Crippen LogP contribution in [-0.4, -0.2) is 9.52 Å². The predicted molar refractivity (Wildman–Crippen MR) is 221 cm³/mol. The van der Waals surface area contributed by atoms with Crippen molar-refractivity contribution in [2.24, 2.45) is 0 Å². The summed E-state index contributed by atoms with van der Waals surface area (Å²) in [5.74, 6) is 2.97. The molecule has 0 unspecified atom stereocenters.